The standard InChI is InChI=1S/C10H10ClN3O3S2/c1-18-10-12-2-5(11)7(13-10)8(15)14-4-19-3-6(14)9(16)17/h2,6H,3-4H2,1H3,(H,16,17)/t6-/m0/s1. The number of amides is 1. The van der Waals surface area contributed by atoms with Gasteiger partial charge in [-0.3, -0.25) is 4.79 Å². The molecule has 1 N–H and O–H groups in total. The van der Waals surface area contributed by atoms with Gasteiger partial charge in [-0.15, -0.1) is 11.8 Å². The van der Waals surface area contributed by atoms with Gasteiger partial charge in [0, 0.05) is 5.75 Å². The number of halogens is 1. The first kappa shape index (κ1) is 14.4. The lowest BCUT2D eigenvalue weighted by molar-refractivity contribution is -0.140. The molecular formula is C10H10ClN3O3S2. The Kier molecular flexibility index (Phi) is 4.54. The molecule has 1 aliphatic heterocycles. The summed E-state index contributed by atoms with van der Waals surface area (Å²) in [7, 11) is 0. The predicted molar refractivity (Wildman–Crippen MR) is 73.7 cm³/mol. The molecule has 0 aromatic carbocycles. The van der Waals surface area contributed by atoms with Crippen LogP contribution in [0.25, 0.3) is 0 Å². The minimum absolute atomic E-state index is 0.0507. The van der Waals surface area contributed by atoms with Crippen LogP contribution in [0, 0.1) is 0 Å². The molecule has 0 unspecified atom stereocenters. The van der Waals surface area contributed by atoms with Gasteiger partial charge in [0.25, 0.3) is 5.91 Å². The molecular weight excluding hydrogens is 310 g/mol. The zero-order chi connectivity index (χ0) is 14.0. The minimum atomic E-state index is -1.02. The van der Waals surface area contributed by atoms with E-state index in [9.17, 15) is 9.59 Å². The molecule has 1 aromatic rings. The number of carboxylic acid groups (broad SMARTS) is 1. The SMILES string of the molecule is CSc1ncc(Cl)c(C(=O)N2CSC[C@H]2C(=O)O)n1. The van der Waals surface area contributed by atoms with E-state index in [4.69, 9.17) is 16.7 Å². The van der Waals surface area contributed by atoms with Crippen LogP contribution < -0.4 is 0 Å². The molecule has 9 heteroatoms. The molecule has 1 fully saturated rings. The fraction of sp³-hybridized carbons (Fsp3) is 0.400. The molecule has 1 saturated heterocycles. The van der Waals surface area contributed by atoms with Crippen LogP contribution in [0.1, 0.15) is 10.5 Å². The third kappa shape index (κ3) is 2.96. The van der Waals surface area contributed by atoms with Crippen molar-refractivity contribution < 1.29 is 14.7 Å². The Labute approximate surface area is 122 Å². The maximum Gasteiger partial charge on any atom is 0.327 e. The lowest BCUT2D eigenvalue weighted by Crippen LogP contribution is -2.42. The molecule has 0 bridgehead atoms. The summed E-state index contributed by atoms with van der Waals surface area (Å²) in [6, 6.07) is -0.832. The smallest absolute Gasteiger partial charge is 0.327 e. The highest BCUT2D eigenvalue weighted by molar-refractivity contribution is 7.99. The fourth-order valence-corrected chi connectivity index (χ4v) is 3.24. The van der Waals surface area contributed by atoms with E-state index in [1.807, 2.05) is 0 Å². The summed E-state index contributed by atoms with van der Waals surface area (Å²) >= 11 is 8.59. The van der Waals surface area contributed by atoms with Gasteiger partial charge in [-0.1, -0.05) is 23.4 Å². The minimum Gasteiger partial charge on any atom is -0.480 e. The Hall–Kier alpha value is -0.990. The third-order valence-corrected chi connectivity index (χ3v) is 4.39. The van der Waals surface area contributed by atoms with E-state index in [0.717, 1.165) is 0 Å². The van der Waals surface area contributed by atoms with Crippen LogP contribution in [-0.2, 0) is 4.79 Å². The van der Waals surface area contributed by atoms with E-state index in [2.05, 4.69) is 9.97 Å². The van der Waals surface area contributed by atoms with Crippen LogP contribution in [0.5, 0.6) is 0 Å². The van der Waals surface area contributed by atoms with Crippen LogP contribution in [0.15, 0.2) is 11.4 Å². The second-order valence-electron chi connectivity index (χ2n) is 3.68. The van der Waals surface area contributed by atoms with Crippen molar-refractivity contribution >= 4 is 47.0 Å². The first-order valence-electron chi connectivity index (χ1n) is 5.22. The number of carbonyl (C=O) groups excluding carboxylic acids is 1. The highest BCUT2D eigenvalue weighted by Gasteiger charge is 2.36. The molecule has 1 aliphatic rings. The molecule has 0 spiro atoms. The van der Waals surface area contributed by atoms with E-state index >= 15 is 0 Å². The van der Waals surface area contributed by atoms with Gasteiger partial charge in [-0.2, -0.15) is 0 Å². The lowest BCUT2D eigenvalue weighted by Gasteiger charge is -2.20. The maximum absolute atomic E-state index is 12.3. The Morgan fingerprint density at radius 1 is 1.63 bits per heavy atom. The average Bonchev–Trinajstić information content (AvgIpc) is 2.88. The molecule has 0 saturated carbocycles. The second-order valence-corrected chi connectivity index (χ2v) is 5.86. The summed E-state index contributed by atoms with van der Waals surface area (Å²) in [4.78, 5) is 32.7. The van der Waals surface area contributed by atoms with Crippen molar-refractivity contribution in [1.82, 2.24) is 14.9 Å². The van der Waals surface area contributed by atoms with Crippen molar-refractivity contribution in [3.05, 3.63) is 16.9 Å². The van der Waals surface area contributed by atoms with Crippen LogP contribution >= 0.6 is 35.1 Å². The number of carbonyl (C=O) groups is 2. The van der Waals surface area contributed by atoms with Crippen molar-refractivity contribution in [2.24, 2.45) is 0 Å². The number of aliphatic carboxylic acids is 1. The number of aromatic nitrogens is 2. The van der Waals surface area contributed by atoms with Gasteiger partial charge in [-0.25, -0.2) is 14.8 Å². The second kappa shape index (κ2) is 5.98. The van der Waals surface area contributed by atoms with E-state index < -0.39 is 17.9 Å². The number of carboxylic acids is 1. The molecule has 1 aromatic heterocycles. The maximum atomic E-state index is 12.3. The number of hydrogen-bond acceptors (Lipinski definition) is 6. The van der Waals surface area contributed by atoms with Gasteiger partial charge < -0.3 is 10.0 Å². The zero-order valence-corrected chi connectivity index (χ0v) is 12.3. The summed E-state index contributed by atoms with van der Waals surface area (Å²) in [5, 5.41) is 9.62. The summed E-state index contributed by atoms with van der Waals surface area (Å²) in [6.45, 7) is 0. The topological polar surface area (TPSA) is 83.4 Å². The Balaban J connectivity index is 2.31. The summed E-state index contributed by atoms with van der Waals surface area (Å²) in [6.07, 6.45) is 3.13. The van der Waals surface area contributed by atoms with Gasteiger partial charge in [0.15, 0.2) is 10.9 Å². The Bertz CT molecular complexity index is 529. The summed E-state index contributed by atoms with van der Waals surface area (Å²) < 4.78 is 0. The number of nitrogens with zero attached hydrogens (tertiary/aromatic N) is 3. The van der Waals surface area contributed by atoms with Crippen LogP contribution in [0.2, 0.25) is 5.02 Å². The Morgan fingerprint density at radius 3 is 3.00 bits per heavy atom. The monoisotopic (exact) mass is 319 g/mol. The number of thioether (sulfide) groups is 2. The summed E-state index contributed by atoms with van der Waals surface area (Å²) in [5.74, 6) is -0.794. The van der Waals surface area contributed by atoms with Gasteiger partial charge in [0.05, 0.1) is 17.1 Å². The molecule has 1 atom stereocenters. The Morgan fingerprint density at radius 2 is 2.37 bits per heavy atom. The highest BCUT2D eigenvalue weighted by Crippen LogP contribution is 2.25. The normalized spacial score (nSPS) is 18.6. The average molecular weight is 320 g/mol. The molecule has 6 nitrogen and oxygen atoms in total. The van der Waals surface area contributed by atoms with Gasteiger partial charge in [0.1, 0.15) is 6.04 Å². The van der Waals surface area contributed by atoms with Gasteiger partial charge in [0.2, 0.25) is 0 Å². The molecule has 19 heavy (non-hydrogen) atoms. The van der Waals surface area contributed by atoms with E-state index in [1.165, 1.54) is 34.6 Å². The number of rotatable bonds is 3. The molecule has 2 rings (SSSR count). The molecule has 102 valence electrons. The van der Waals surface area contributed by atoms with Crippen LogP contribution in [-0.4, -0.2) is 55.8 Å². The third-order valence-electron chi connectivity index (χ3n) is 2.54. The van der Waals surface area contributed by atoms with Crippen LogP contribution in [0.3, 0.4) is 0 Å². The molecule has 0 aliphatic carbocycles. The van der Waals surface area contributed by atoms with Gasteiger partial charge in [-0.05, 0) is 6.26 Å². The van der Waals surface area contributed by atoms with E-state index in [1.54, 1.807) is 6.26 Å². The first-order chi connectivity index (χ1) is 9.04. The van der Waals surface area contributed by atoms with E-state index in [-0.39, 0.29) is 10.7 Å². The largest absolute Gasteiger partial charge is 0.480 e. The summed E-state index contributed by atoms with van der Waals surface area (Å²) in [5.41, 5.74) is 0.0507. The first-order valence-corrected chi connectivity index (χ1v) is 7.98. The highest BCUT2D eigenvalue weighted by atomic mass is 35.5. The molecule has 1 amide bonds. The van der Waals surface area contributed by atoms with Gasteiger partial charge >= 0.3 is 5.97 Å². The van der Waals surface area contributed by atoms with Crippen LogP contribution in [0.4, 0.5) is 0 Å². The van der Waals surface area contributed by atoms with Crippen molar-refractivity contribution in [2.75, 3.05) is 17.9 Å². The van der Waals surface area contributed by atoms with Crippen molar-refractivity contribution in [2.45, 2.75) is 11.2 Å². The van der Waals surface area contributed by atoms with Crippen molar-refractivity contribution in [3.63, 3.8) is 0 Å². The van der Waals surface area contributed by atoms with Crippen molar-refractivity contribution in [1.29, 1.82) is 0 Å². The quantitative estimate of drug-likeness (QED) is 0.667. The predicted octanol–water partition coefficient (Wildman–Crippen LogP) is 1.45. The zero-order valence-electron chi connectivity index (χ0n) is 9.87. The van der Waals surface area contributed by atoms with Crippen molar-refractivity contribution in [3.8, 4) is 0 Å². The lowest BCUT2D eigenvalue weighted by atomic mass is 10.2. The molecule has 2 heterocycles. The van der Waals surface area contributed by atoms with E-state index in [0.29, 0.717) is 16.8 Å². The fourth-order valence-electron chi connectivity index (χ4n) is 1.58. The number of hydrogen-bond donors (Lipinski definition) is 1. The molecule has 0 radical (unpaired) electrons.